The number of hydrogen-bond donors (Lipinski definition) is 2. The van der Waals surface area contributed by atoms with Crippen LogP contribution in [0.25, 0.3) is 6.08 Å². The van der Waals surface area contributed by atoms with Gasteiger partial charge in [0.2, 0.25) is 0 Å². The molecule has 0 radical (unpaired) electrons. The van der Waals surface area contributed by atoms with Crippen molar-refractivity contribution in [3.8, 4) is 17.6 Å². The predicted octanol–water partition coefficient (Wildman–Crippen LogP) is 3.29. The highest BCUT2D eigenvalue weighted by atomic mass is 16.5. The standard InChI is InChI=1S/C23H23N3O4/c1-2-29-21-13-16(12-17(14-24)23(28)26-19-9-10-19)8-11-20(21)30-15-22(27)25-18-6-4-3-5-7-18/h3-8,11-13,19H,2,9-10,15H2,1H3,(H,25,27)(H,26,28)/b17-12+. The number of rotatable bonds is 9. The molecule has 0 aromatic heterocycles. The number of nitrogens with zero attached hydrogens (tertiary/aromatic N) is 1. The first-order chi connectivity index (χ1) is 14.6. The quantitative estimate of drug-likeness (QED) is 0.493. The monoisotopic (exact) mass is 405 g/mol. The first-order valence-corrected chi connectivity index (χ1v) is 9.76. The van der Waals surface area contributed by atoms with Gasteiger partial charge in [0.15, 0.2) is 18.1 Å². The Kier molecular flexibility index (Phi) is 7.06. The van der Waals surface area contributed by atoms with E-state index >= 15 is 0 Å². The summed E-state index contributed by atoms with van der Waals surface area (Å²) in [6.07, 6.45) is 3.40. The van der Waals surface area contributed by atoms with Gasteiger partial charge in [-0.25, -0.2) is 0 Å². The van der Waals surface area contributed by atoms with Gasteiger partial charge < -0.3 is 20.1 Å². The minimum Gasteiger partial charge on any atom is -0.490 e. The number of anilines is 1. The van der Waals surface area contributed by atoms with Crippen molar-refractivity contribution in [3.63, 3.8) is 0 Å². The Morgan fingerprint density at radius 3 is 2.57 bits per heavy atom. The van der Waals surface area contributed by atoms with Crippen LogP contribution in [0.2, 0.25) is 0 Å². The lowest BCUT2D eigenvalue weighted by atomic mass is 10.1. The predicted molar refractivity (Wildman–Crippen MR) is 113 cm³/mol. The molecule has 0 atom stereocenters. The highest BCUT2D eigenvalue weighted by Gasteiger charge is 2.24. The fourth-order valence-electron chi connectivity index (χ4n) is 2.67. The number of carbonyl (C=O) groups is 2. The van der Waals surface area contributed by atoms with Crippen LogP contribution in [0.3, 0.4) is 0 Å². The molecule has 2 amide bonds. The molecule has 2 aromatic rings. The summed E-state index contributed by atoms with van der Waals surface area (Å²) in [5.41, 5.74) is 1.34. The van der Waals surface area contributed by atoms with Crippen LogP contribution < -0.4 is 20.1 Å². The first-order valence-electron chi connectivity index (χ1n) is 9.76. The number of amides is 2. The summed E-state index contributed by atoms with van der Waals surface area (Å²) in [5, 5.41) is 14.9. The van der Waals surface area contributed by atoms with E-state index in [1.165, 1.54) is 6.08 Å². The molecule has 0 bridgehead atoms. The highest BCUT2D eigenvalue weighted by Crippen LogP contribution is 2.29. The summed E-state index contributed by atoms with van der Waals surface area (Å²) >= 11 is 0. The number of benzene rings is 2. The first kappa shape index (κ1) is 20.9. The van der Waals surface area contributed by atoms with Crippen molar-refractivity contribution in [3.05, 3.63) is 59.7 Å². The summed E-state index contributed by atoms with van der Waals surface area (Å²) in [6.45, 7) is 2.04. The van der Waals surface area contributed by atoms with E-state index in [4.69, 9.17) is 9.47 Å². The van der Waals surface area contributed by atoms with E-state index in [0.717, 1.165) is 12.8 Å². The molecule has 154 valence electrons. The molecule has 0 saturated heterocycles. The van der Waals surface area contributed by atoms with E-state index in [9.17, 15) is 14.9 Å². The zero-order chi connectivity index (χ0) is 21.3. The average molecular weight is 405 g/mol. The largest absolute Gasteiger partial charge is 0.490 e. The third-order valence-corrected chi connectivity index (χ3v) is 4.27. The van der Waals surface area contributed by atoms with Crippen molar-refractivity contribution in [2.75, 3.05) is 18.5 Å². The van der Waals surface area contributed by atoms with Gasteiger partial charge in [0.1, 0.15) is 11.6 Å². The van der Waals surface area contributed by atoms with Gasteiger partial charge in [-0.3, -0.25) is 9.59 Å². The summed E-state index contributed by atoms with van der Waals surface area (Å²) in [5.74, 6) is 0.156. The zero-order valence-electron chi connectivity index (χ0n) is 16.7. The molecule has 3 rings (SSSR count). The Balaban J connectivity index is 1.68. The smallest absolute Gasteiger partial charge is 0.262 e. The molecule has 0 unspecified atom stereocenters. The SMILES string of the molecule is CCOc1cc(/C=C(\C#N)C(=O)NC2CC2)ccc1OCC(=O)Nc1ccccc1. The molecule has 0 spiro atoms. The second kappa shape index (κ2) is 10.1. The van der Waals surface area contributed by atoms with Crippen molar-refractivity contribution in [2.24, 2.45) is 0 Å². The molecule has 7 nitrogen and oxygen atoms in total. The van der Waals surface area contributed by atoms with E-state index in [0.29, 0.717) is 29.4 Å². The van der Waals surface area contributed by atoms with E-state index in [-0.39, 0.29) is 30.0 Å². The van der Waals surface area contributed by atoms with Gasteiger partial charge in [0.05, 0.1) is 6.61 Å². The molecular formula is C23H23N3O4. The number of nitriles is 1. The van der Waals surface area contributed by atoms with Gasteiger partial charge in [-0.05, 0) is 55.7 Å². The van der Waals surface area contributed by atoms with Crippen LogP contribution in [-0.4, -0.2) is 31.1 Å². The molecule has 2 aromatic carbocycles. The number of hydrogen-bond acceptors (Lipinski definition) is 5. The van der Waals surface area contributed by atoms with Gasteiger partial charge in [-0.2, -0.15) is 5.26 Å². The topological polar surface area (TPSA) is 100 Å². The second-order valence-corrected chi connectivity index (χ2v) is 6.76. The lowest BCUT2D eigenvalue weighted by molar-refractivity contribution is -0.118. The number of para-hydroxylation sites is 1. The number of nitrogens with one attached hydrogen (secondary N) is 2. The van der Waals surface area contributed by atoms with Crippen molar-refractivity contribution in [2.45, 2.75) is 25.8 Å². The maximum Gasteiger partial charge on any atom is 0.262 e. The van der Waals surface area contributed by atoms with Gasteiger partial charge in [-0.15, -0.1) is 0 Å². The Hall–Kier alpha value is -3.79. The van der Waals surface area contributed by atoms with Crippen LogP contribution in [0.1, 0.15) is 25.3 Å². The molecule has 0 heterocycles. The average Bonchev–Trinajstić information content (AvgIpc) is 3.56. The lowest BCUT2D eigenvalue weighted by Gasteiger charge is -2.13. The molecular weight excluding hydrogens is 382 g/mol. The van der Waals surface area contributed by atoms with Crippen LogP contribution >= 0.6 is 0 Å². The summed E-state index contributed by atoms with van der Waals surface area (Å²) in [6, 6.07) is 16.2. The lowest BCUT2D eigenvalue weighted by Crippen LogP contribution is -2.26. The minimum atomic E-state index is -0.379. The van der Waals surface area contributed by atoms with Gasteiger partial charge >= 0.3 is 0 Å². The Morgan fingerprint density at radius 1 is 1.13 bits per heavy atom. The van der Waals surface area contributed by atoms with Crippen molar-refractivity contribution in [1.82, 2.24) is 5.32 Å². The van der Waals surface area contributed by atoms with Gasteiger partial charge in [-0.1, -0.05) is 24.3 Å². The molecule has 1 fully saturated rings. The van der Waals surface area contributed by atoms with Crippen molar-refractivity contribution < 1.29 is 19.1 Å². The van der Waals surface area contributed by atoms with Gasteiger partial charge in [0, 0.05) is 11.7 Å². The molecule has 30 heavy (non-hydrogen) atoms. The van der Waals surface area contributed by atoms with Crippen LogP contribution in [-0.2, 0) is 9.59 Å². The third-order valence-electron chi connectivity index (χ3n) is 4.27. The van der Waals surface area contributed by atoms with Crippen LogP contribution in [0.4, 0.5) is 5.69 Å². The summed E-state index contributed by atoms with van der Waals surface area (Å²) in [4.78, 5) is 24.2. The molecule has 2 N–H and O–H groups in total. The van der Waals surface area contributed by atoms with Gasteiger partial charge in [0.25, 0.3) is 11.8 Å². The minimum absolute atomic E-state index is 0.0280. The number of ether oxygens (including phenoxy) is 2. The van der Waals surface area contributed by atoms with E-state index < -0.39 is 0 Å². The molecule has 1 aliphatic carbocycles. The van der Waals surface area contributed by atoms with Crippen LogP contribution in [0.5, 0.6) is 11.5 Å². The Bertz CT molecular complexity index is 976. The molecule has 1 saturated carbocycles. The summed E-state index contributed by atoms with van der Waals surface area (Å²) in [7, 11) is 0. The van der Waals surface area contributed by atoms with Crippen molar-refractivity contribution in [1.29, 1.82) is 5.26 Å². The molecule has 0 aliphatic heterocycles. The number of carbonyl (C=O) groups excluding carboxylic acids is 2. The highest BCUT2D eigenvalue weighted by molar-refractivity contribution is 6.02. The van der Waals surface area contributed by atoms with E-state index in [1.807, 2.05) is 31.2 Å². The van der Waals surface area contributed by atoms with E-state index in [2.05, 4.69) is 10.6 Å². The molecule has 1 aliphatic rings. The zero-order valence-corrected chi connectivity index (χ0v) is 16.7. The summed E-state index contributed by atoms with van der Waals surface area (Å²) < 4.78 is 11.2. The maximum absolute atomic E-state index is 12.1. The molecule has 7 heteroatoms. The van der Waals surface area contributed by atoms with Crippen molar-refractivity contribution >= 4 is 23.6 Å². The fraction of sp³-hybridized carbons (Fsp3) is 0.261. The van der Waals surface area contributed by atoms with Crippen LogP contribution in [0, 0.1) is 11.3 Å². The second-order valence-electron chi connectivity index (χ2n) is 6.76. The normalized spacial score (nSPS) is 13.1. The van der Waals surface area contributed by atoms with Crippen LogP contribution in [0.15, 0.2) is 54.1 Å². The third kappa shape index (κ3) is 6.11. The van der Waals surface area contributed by atoms with E-state index in [1.54, 1.807) is 30.3 Å². The Morgan fingerprint density at radius 2 is 1.90 bits per heavy atom. The maximum atomic E-state index is 12.1. The fourth-order valence-corrected chi connectivity index (χ4v) is 2.67. The Labute approximate surface area is 175 Å².